The van der Waals surface area contributed by atoms with E-state index in [9.17, 15) is 9.59 Å². The van der Waals surface area contributed by atoms with Crippen molar-refractivity contribution < 1.29 is 9.59 Å². The first-order valence-electron chi connectivity index (χ1n) is 11.1. The molecular weight excluding hydrogens is 391 g/mol. The molecule has 0 saturated heterocycles. The van der Waals surface area contributed by atoms with Crippen LogP contribution in [0, 0.1) is 0 Å². The zero-order valence-electron chi connectivity index (χ0n) is 17.6. The molecule has 0 atom stereocenters. The summed E-state index contributed by atoms with van der Waals surface area (Å²) in [6, 6.07) is 3.62. The summed E-state index contributed by atoms with van der Waals surface area (Å²) in [4.78, 5) is 23.9. The summed E-state index contributed by atoms with van der Waals surface area (Å²) in [5, 5.41) is -0.891. The minimum Gasteiger partial charge on any atom is -0.276 e. The Morgan fingerprint density at radius 3 is 1.25 bits per heavy atom. The van der Waals surface area contributed by atoms with Crippen molar-refractivity contribution in [3.05, 3.63) is 34.4 Å². The van der Waals surface area contributed by atoms with E-state index in [-0.39, 0.29) is 0 Å². The second-order valence-electron chi connectivity index (χ2n) is 7.75. The maximum atomic E-state index is 12.0. The molecule has 0 aliphatic rings. The number of halogens is 2. The normalized spacial score (nSPS) is 11.0. The van der Waals surface area contributed by atoms with E-state index in [0.29, 0.717) is 11.1 Å². The Bertz CT molecular complexity index is 557. The topological polar surface area (TPSA) is 34.1 Å². The maximum Gasteiger partial charge on any atom is 0.252 e. The number of hydrogen-bond donors (Lipinski definition) is 0. The molecule has 0 amide bonds. The molecule has 1 aromatic carbocycles. The van der Waals surface area contributed by atoms with Crippen LogP contribution in [-0.4, -0.2) is 10.5 Å². The molecular formula is C24H36Cl2O2. The Morgan fingerprint density at radius 1 is 0.607 bits per heavy atom. The molecule has 158 valence electrons. The molecule has 0 aliphatic carbocycles. The van der Waals surface area contributed by atoms with E-state index < -0.39 is 10.5 Å². The first-order valence-corrected chi connectivity index (χ1v) is 11.8. The number of aryl methyl sites for hydroxylation is 2. The van der Waals surface area contributed by atoms with Crippen LogP contribution in [-0.2, 0) is 12.8 Å². The van der Waals surface area contributed by atoms with Gasteiger partial charge in [-0.1, -0.05) is 78.1 Å². The number of carbonyl (C=O) groups is 2. The summed E-state index contributed by atoms with van der Waals surface area (Å²) >= 11 is 11.7. The fourth-order valence-electron chi connectivity index (χ4n) is 3.66. The Balaban J connectivity index is 2.77. The quantitative estimate of drug-likeness (QED) is 0.197. The van der Waals surface area contributed by atoms with Gasteiger partial charge in [0, 0.05) is 11.1 Å². The Morgan fingerprint density at radius 2 is 0.929 bits per heavy atom. The monoisotopic (exact) mass is 426 g/mol. The molecule has 2 nitrogen and oxygen atoms in total. The molecule has 28 heavy (non-hydrogen) atoms. The van der Waals surface area contributed by atoms with Crippen LogP contribution in [0.25, 0.3) is 0 Å². The number of hydrogen-bond acceptors (Lipinski definition) is 2. The fraction of sp³-hybridized carbons (Fsp3) is 0.667. The van der Waals surface area contributed by atoms with Crippen molar-refractivity contribution in [3.63, 3.8) is 0 Å². The largest absolute Gasteiger partial charge is 0.276 e. The van der Waals surface area contributed by atoms with Gasteiger partial charge in [0.25, 0.3) is 10.5 Å². The minimum atomic E-state index is -0.446. The average molecular weight is 427 g/mol. The lowest BCUT2D eigenvalue weighted by molar-refractivity contribution is 0.106. The first-order chi connectivity index (χ1) is 13.5. The number of rotatable bonds is 16. The lowest BCUT2D eigenvalue weighted by atomic mass is 9.93. The van der Waals surface area contributed by atoms with Gasteiger partial charge in [-0.3, -0.25) is 9.59 Å². The van der Waals surface area contributed by atoms with Crippen LogP contribution in [0.15, 0.2) is 12.1 Å². The molecule has 0 saturated carbocycles. The van der Waals surface area contributed by atoms with Crippen LogP contribution in [0.2, 0.25) is 0 Å². The summed E-state index contributed by atoms with van der Waals surface area (Å²) in [6.45, 7) is 4.41. The van der Waals surface area contributed by atoms with E-state index in [1.54, 1.807) is 0 Å². The molecule has 0 unspecified atom stereocenters. The van der Waals surface area contributed by atoms with Gasteiger partial charge in [0.1, 0.15) is 0 Å². The number of benzene rings is 1. The smallest absolute Gasteiger partial charge is 0.252 e. The summed E-state index contributed by atoms with van der Waals surface area (Å²) < 4.78 is 0. The number of carbonyl (C=O) groups excluding carboxylic acids is 2. The molecule has 0 heterocycles. The van der Waals surface area contributed by atoms with Gasteiger partial charge in [-0.2, -0.15) is 0 Å². The summed E-state index contributed by atoms with van der Waals surface area (Å²) in [7, 11) is 0. The lowest BCUT2D eigenvalue weighted by Gasteiger charge is -2.13. The van der Waals surface area contributed by atoms with Crippen molar-refractivity contribution in [3.8, 4) is 0 Å². The first kappa shape index (κ1) is 25.2. The molecule has 0 aromatic heterocycles. The van der Waals surface area contributed by atoms with E-state index >= 15 is 0 Å². The maximum absolute atomic E-state index is 12.0. The van der Waals surface area contributed by atoms with Crippen LogP contribution in [0.5, 0.6) is 0 Å². The molecule has 0 fully saturated rings. The molecule has 0 aliphatic heterocycles. The van der Waals surface area contributed by atoms with Gasteiger partial charge in [-0.25, -0.2) is 0 Å². The molecule has 0 radical (unpaired) electrons. The van der Waals surface area contributed by atoms with Crippen molar-refractivity contribution in [2.75, 3.05) is 0 Å². The Labute approximate surface area is 181 Å². The van der Waals surface area contributed by atoms with Crippen molar-refractivity contribution in [1.29, 1.82) is 0 Å². The zero-order chi connectivity index (χ0) is 20.8. The molecule has 0 spiro atoms. The van der Waals surface area contributed by atoms with Crippen LogP contribution in [0.3, 0.4) is 0 Å². The third kappa shape index (κ3) is 9.56. The predicted octanol–water partition coefficient (Wildman–Crippen LogP) is 8.25. The van der Waals surface area contributed by atoms with E-state index in [1.807, 2.05) is 12.1 Å². The fourth-order valence-corrected chi connectivity index (χ4v) is 4.01. The lowest BCUT2D eigenvalue weighted by Crippen LogP contribution is -2.06. The van der Waals surface area contributed by atoms with Crippen molar-refractivity contribution in [1.82, 2.24) is 0 Å². The molecule has 4 heteroatoms. The molecule has 1 aromatic rings. The summed E-state index contributed by atoms with van der Waals surface area (Å²) in [5.74, 6) is 0. The van der Waals surface area contributed by atoms with Crippen molar-refractivity contribution in [2.24, 2.45) is 0 Å². The third-order valence-corrected chi connectivity index (χ3v) is 5.76. The van der Waals surface area contributed by atoms with Gasteiger partial charge in [0.2, 0.25) is 0 Å². The molecule has 0 N–H and O–H groups in total. The van der Waals surface area contributed by atoms with Crippen LogP contribution >= 0.6 is 23.2 Å². The molecule has 0 bridgehead atoms. The van der Waals surface area contributed by atoms with Crippen molar-refractivity contribution >= 4 is 33.7 Å². The minimum absolute atomic E-state index is 0.446. The third-order valence-electron chi connectivity index (χ3n) is 5.35. The van der Waals surface area contributed by atoms with E-state index in [2.05, 4.69) is 13.8 Å². The average Bonchev–Trinajstić information content (AvgIpc) is 2.67. The van der Waals surface area contributed by atoms with Crippen molar-refractivity contribution in [2.45, 2.75) is 104 Å². The Kier molecular flexibility index (Phi) is 13.5. The standard InChI is InChI=1S/C24H36Cl2O2/c1-3-5-7-9-11-13-15-19-17-22(24(26)28)20(18-21(19)23(25)27)16-14-12-10-8-6-4-2/h17-18H,3-16H2,1-2H3. The van der Waals surface area contributed by atoms with Crippen LogP contribution in [0.4, 0.5) is 0 Å². The highest BCUT2D eigenvalue weighted by Crippen LogP contribution is 2.25. The van der Waals surface area contributed by atoms with Gasteiger partial charge in [-0.15, -0.1) is 0 Å². The molecule has 1 rings (SSSR count). The van der Waals surface area contributed by atoms with E-state index in [0.717, 1.165) is 49.7 Å². The zero-order valence-corrected chi connectivity index (χ0v) is 19.1. The van der Waals surface area contributed by atoms with E-state index in [1.165, 1.54) is 51.4 Å². The second-order valence-corrected chi connectivity index (χ2v) is 8.44. The summed E-state index contributed by atoms with van der Waals surface area (Å²) in [5.41, 5.74) is 2.79. The van der Waals surface area contributed by atoms with Gasteiger partial charge < -0.3 is 0 Å². The predicted molar refractivity (Wildman–Crippen MR) is 121 cm³/mol. The second kappa shape index (κ2) is 15.0. The highest BCUT2D eigenvalue weighted by Gasteiger charge is 2.17. The summed E-state index contributed by atoms with van der Waals surface area (Å²) in [6.07, 6.45) is 15.7. The SMILES string of the molecule is CCCCCCCCc1cc(C(=O)Cl)c(CCCCCCCC)cc1C(=O)Cl. The van der Waals surface area contributed by atoms with Gasteiger partial charge in [0.15, 0.2) is 0 Å². The van der Waals surface area contributed by atoms with Crippen LogP contribution in [0.1, 0.15) is 123 Å². The van der Waals surface area contributed by atoms with E-state index in [4.69, 9.17) is 23.2 Å². The van der Waals surface area contributed by atoms with Gasteiger partial charge in [0.05, 0.1) is 0 Å². The van der Waals surface area contributed by atoms with Crippen LogP contribution < -0.4 is 0 Å². The number of unbranched alkanes of at least 4 members (excludes halogenated alkanes) is 10. The highest BCUT2D eigenvalue weighted by molar-refractivity contribution is 6.68. The van der Waals surface area contributed by atoms with Gasteiger partial charge in [-0.05, 0) is 72.1 Å². The highest BCUT2D eigenvalue weighted by atomic mass is 35.5. The van der Waals surface area contributed by atoms with Gasteiger partial charge >= 0.3 is 0 Å². The Hall–Kier alpha value is -0.860.